The predicted molar refractivity (Wildman–Crippen MR) is 78.8 cm³/mol. The van der Waals surface area contributed by atoms with Crippen molar-refractivity contribution >= 4 is 21.6 Å². The molecule has 1 atom stereocenters. The van der Waals surface area contributed by atoms with Crippen LogP contribution in [0.15, 0.2) is 22.7 Å². The fraction of sp³-hybridized carbons (Fsp3) is 0.571. The lowest BCUT2D eigenvalue weighted by Gasteiger charge is -2.29. The molecule has 18 heavy (non-hydrogen) atoms. The van der Waals surface area contributed by atoms with Crippen molar-refractivity contribution in [2.75, 3.05) is 31.7 Å². The molecule has 0 aromatic heterocycles. The maximum Gasteiger partial charge on any atom is 0.0511 e. The highest BCUT2D eigenvalue weighted by Gasteiger charge is 2.17. The van der Waals surface area contributed by atoms with E-state index >= 15 is 0 Å². The normalized spacial score (nSPS) is 19.8. The highest BCUT2D eigenvalue weighted by Crippen LogP contribution is 2.26. The van der Waals surface area contributed by atoms with Crippen LogP contribution in [0.1, 0.15) is 18.4 Å². The lowest BCUT2D eigenvalue weighted by molar-refractivity contribution is 0.0576. The van der Waals surface area contributed by atoms with Crippen molar-refractivity contribution in [2.24, 2.45) is 11.7 Å². The molecule has 100 valence electrons. The summed E-state index contributed by atoms with van der Waals surface area (Å²) in [6.07, 6.45) is 2.44. The van der Waals surface area contributed by atoms with E-state index in [4.69, 9.17) is 10.5 Å². The molecule has 2 N–H and O–H groups in total. The molecule has 0 radical (unpaired) electrons. The van der Waals surface area contributed by atoms with Crippen LogP contribution in [0.3, 0.4) is 0 Å². The topological polar surface area (TPSA) is 38.5 Å². The Kier molecular flexibility index (Phi) is 5.03. The van der Waals surface area contributed by atoms with Crippen LogP contribution in [0.2, 0.25) is 0 Å². The van der Waals surface area contributed by atoms with Crippen molar-refractivity contribution in [3.8, 4) is 0 Å². The maximum absolute atomic E-state index is 5.81. The summed E-state index contributed by atoms with van der Waals surface area (Å²) < 4.78 is 6.64. The molecular formula is C14H21BrN2O. The summed E-state index contributed by atoms with van der Waals surface area (Å²) in [5.74, 6) is 0.633. The molecule has 1 aromatic rings. The number of halogens is 1. The third-order valence-corrected chi connectivity index (χ3v) is 3.96. The van der Waals surface area contributed by atoms with Crippen LogP contribution in [0.25, 0.3) is 0 Å². The van der Waals surface area contributed by atoms with Gasteiger partial charge in [0.25, 0.3) is 0 Å². The molecule has 0 spiro atoms. The zero-order chi connectivity index (χ0) is 13.0. The first-order valence-electron chi connectivity index (χ1n) is 6.48. The zero-order valence-corrected chi connectivity index (χ0v) is 12.4. The van der Waals surface area contributed by atoms with Crippen LogP contribution in [-0.2, 0) is 11.3 Å². The van der Waals surface area contributed by atoms with Gasteiger partial charge in [-0.2, -0.15) is 0 Å². The van der Waals surface area contributed by atoms with E-state index in [9.17, 15) is 0 Å². The quantitative estimate of drug-likeness (QED) is 0.929. The number of anilines is 1. The van der Waals surface area contributed by atoms with Crippen molar-refractivity contribution in [3.05, 3.63) is 28.2 Å². The smallest absolute Gasteiger partial charge is 0.0511 e. The molecule has 1 saturated heterocycles. The van der Waals surface area contributed by atoms with E-state index in [1.54, 1.807) is 0 Å². The Morgan fingerprint density at radius 1 is 1.50 bits per heavy atom. The van der Waals surface area contributed by atoms with Crippen LogP contribution >= 0.6 is 15.9 Å². The van der Waals surface area contributed by atoms with Gasteiger partial charge in [0.1, 0.15) is 0 Å². The first-order valence-corrected chi connectivity index (χ1v) is 7.27. The number of nitrogens with zero attached hydrogens (tertiary/aromatic N) is 1. The number of nitrogens with two attached hydrogens (primary N) is 1. The summed E-state index contributed by atoms with van der Waals surface area (Å²) in [6, 6.07) is 6.28. The second kappa shape index (κ2) is 6.55. The summed E-state index contributed by atoms with van der Waals surface area (Å²) in [4.78, 5) is 2.30. The Labute approximate surface area is 117 Å². The Morgan fingerprint density at radius 2 is 2.33 bits per heavy atom. The Hall–Kier alpha value is -0.580. The fourth-order valence-electron chi connectivity index (χ4n) is 2.50. The number of benzene rings is 1. The van der Waals surface area contributed by atoms with Gasteiger partial charge in [-0.1, -0.05) is 22.0 Å². The van der Waals surface area contributed by atoms with E-state index in [0.717, 1.165) is 24.2 Å². The molecule has 0 amide bonds. The van der Waals surface area contributed by atoms with Crippen LogP contribution in [0.5, 0.6) is 0 Å². The van der Waals surface area contributed by atoms with E-state index in [1.807, 2.05) is 6.07 Å². The summed E-state index contributed by atoms with van der Waals surface area (Å²) in [6.45, 7) is 3.42. The largest absolute Gasteiger partial charge is 0.381 e. The molecule has 0 saturated carbocycles. The molecule has 3 nitrogen and oxygen atoms in total. The molecule has 0 aliphatic carbocycles. The van der Waals surface area contributed by atoms with Gasteiger partial charge in [0, 0.05) is 36.9 Å². The van der Waals surface area contributed by atoms with E-state index in [0.29, 0.717) is 12.5 Å². The summed E-state index contributed by atoms with van der Waals surface area (Å²) >= 11 is 3.53. The summed E-state index contributed by atoms with van der Waals surface area (Å²) in [7, 11) is 2.13. The van der Waals surface area contributed by atoms with Gasteiger partial charge in [-0.15, -0.1) is 0 Å². The SMILES string of the molecule is CN(CC1CCCOC1)c1cc(Br)ccc1CN. The Balaban J connectivity index is 2.07. The summed E-state index contributed by atoms with van der Waals surface area (Å²) in [5.41, 5.74) is 8.22. The van der Waals surface area contributed by atoms with Gasteiger partial charge in [-0.3, -0.25) is 0 Å². The van der Waals surface area contributed by atoms with Crippen LogP contribution in [-0.4, -0.2) is 26.8 Å². The number of hydrogen-bond donors (Lipinski definition) is 1. The third-order valence-electron chi connectivity index (χ3n) is 3.47. The van der Waals surface area contributed by atoms with Crippen molar-refractivity contribution in [1.29, 1.82) is 0 Å². The molecule has 4 heteroatoms. The molecule has 1 heterocycles. The fourth-order valence-corrected chi connectivity index (χ4v) is 2.85. The first kappa shape index (κ1) is 13.8. The van der Waals surface area contributed by atoms with Gasteiger partial charge in [0.05, 0.1) is 6.61 Å². The number of rotatable bonds is 4. The third kappa shape index (κ3) is 3.46. The van der Waals surface area contributed by atoms with Crippen LogP contribution < -0.4 is 10.6 Å². The number of ether oxygens (including phenoxy) is 1. The first-order chi connectivity index (χ1) is 8.70. The van der Waals surface area contributed by atoms with E-state index in [2.05, 4.69) is 40.0 Å². The summed E-state index contributed by atoms with van der Waals surface area (Å²) in [5, 5.41) is 0. The standard InChI is InChI=1S/C14H21BrN2O/c1-17(9-11-3-2-6-18-10-11)14-7-13(15)5-4-12(14)8-16/h4-5,7,11H,2-3,6,8-10,16H2,1H3. The van der Waals surface area contributed by atoms with Crippen molar-refractivity contribution in [2.45, 2.75) is 19.4 Å². The van der Waals surface area contributed by atoms with E-state index in [-0.39, 0.29) is 0 Å². The molecule has 1 aromatic carbocycles. The van der Waals surface area contributed by atoms with Gasteiger partial charge in [0.15, 0.2) is 0 Å². The van der Waals surface area contributed by atoms with Crippen LogP contribution in [0, 0.1) is 5.92 Å². The number of hydrogen-bond acceptors (Lipinski definition) is 3. The minimum atomic E-state index is 0.577. The molecular weight excluding hydrogens is 292 g/mol. The predicted octanol–water partition coefficient (Wildman–Crippen LogP) is 2.77. The maximum atomic E-state index is 5.81. The van der Waals surface area contributed by atoms with Crippen LogP contribution in [0.4, 0.5) is 5.69 Å². The highest BCUT2D eigenvalue weighted by atomic mass is 79.9. The van der Waals surface area contributed by atoms with E-state index in [1.165, 1.54) is 24.1 Å². The lowest BCUT2D eigenvalue weighted by atomic mass is 10.0. The molecule has 1 fully saturated rings. The Morgan fingerprint density at radius 3 is 3.00 bits per heavy atom. The molecule has 2 rings (SSSR count). The van der Waals surface area contributed by atoms with Crippen molar-refractivity contribution in [1.82, 2.24) is 0 Å². The molecule has 1 aliphatic heterocycles. The monoisotopic (exact) mass is 312 g/mol. The average molecular weight is 313 g/mol. The van der Waals surface area contributed by atoms with Gasteiger partial charge < -0.3 is 15.4 Å². The van der Waals surface area contributed by atoms with Gasteiger partial charge in [-0.25, -0.2) is 0 Å². The zero-order valence-electron chi connectivity index (χ0n) is 10.9. The van der Waals surface area contributed by atoms with E-state index < -0.39 is 0 Å². The van der Waals surface area contributed by atoms with Gasteiger partial charge in [-0.05, 0) is 36.5 Å². The molecule has 0 bridgehead atoms. The van der Waals surface area contributed by atoms with Crippen molar-refractivity contribution in [3.63, 3.8) is 0 Å². The molecule has 1 unspecified atom stereocenters. The highest BCUT2D eigenvalue weighted by molar-refractivity contribution is 9.10. The minimum absolute atomic E-state index is 0.577. The average Bonchev–Trinajstić information content (AvgIpc) is 2.40. The lowest BCUT2D eigenvalue weighted by Crippen LogP contribution is -2.31. The minimum Gasteiger partial charge on any atom is -0.381 e. The van der Waals surface area contributed by atoms with Gasteiger partial charge >= 0.3 is 0 Å². The second-order valence-electron chi connectivity index (χ2n) is 4.94. The van der Waals surface area contributed by atoms with Crippen molar-refractivity contribution < 1.29 is 4.74 Å². The molecule has 1 aliphatic rings. The Bertz CT molecular complexity index is 391. The van der Waals surface area contributed by atoms with Gasteiger partial charge in [0.2, 0.25) is 0 Å². The second-order valence-corrected chi connectivity index (χ2v) is 5.86.